The van der Waals surface area contributed by atoms with Crippen LogP contribution in [-0.4, -0.2) is 16.7 Å². The molecule has 0 radical (unpaired) electrons. The highest BCUT2D eigenvalue weighted by molar-refractivity contribution is 6.46. The number of anilines is 2. The number of nitro benzene ring substituents is 1. The molecule has 3 aromatic carbocycles. The van der Waals surface area contributed by atoms with Crippen molar-refractivity contribution < 1.29 is 23.3 Å². The van der Waals surface area contributed by atoms with Crippen molar-refractivity contribution >= 4 is 34.4 Å². The molecule has 0 aliphatic carbocycles. The van der Waals surface area contributed by atoms with Gasteiger partial charge in [-0.2, -0.15) is 0 Å². The van der Waals surface area contributed by atoms with Gasteiger partial charge in [0.2, 0.25) is 0 Å². The topological polar surface area (TPSA) is 92.6 Å². The molecule has 0 saturated carbocycles. The van der Waals surface area contributed by atoms with Gasteiger partial charge in [0.05, 0.1) is 16.2 Å². The maximum absolute atomic E-state index is 14.5. The van der Waals surface area contributed by atoms with E-state index in [-0.39, 0.29) is 22.5 Å². The van der Waals surface area contributed by atoms with E-state index in [0.29, 0.717) is 16.7 Å². The molecule has 1 aliphatic heterocycles. The van der Waals surface area contributed by atoms with Gasteiger partial charge in [0.15, 0.2) is 0 Å². The highest BCUT2D eigenvalue weighted by Gasteiger charge is 2.41. The standard InChI is InChI=1S/C24H17F2N3O4/c1-13-9-14(2)11-17(10-13)27-22-21(15-3-6-18(7-4-15)29(32)33)23(30)28(24(22)31)20-8-5-16(25)12-19(20)26/h3-12,27H,1-2H3. The van der Waals surface area contributed by atoms with Crippen molar-refractivity contribution in [3.8, 4) is 0 Å². The fourth-order valence-electron chi connectivity index (χ4n) is 3.74. The van der Waals surface area contributed by atoms with Crippen molar-refractivity contribution in [2.75, 3.05) is 10.2 Å². The molecule has 0 bridgehead atoms. The Morgan fingerprint density at radius 3 is 2.09 bits per heavy atom. The largest absolute Gasteiger partial charge is 0.350 e. The lowest BCUT2D eigenvalue weighted by atomic mass is 10.0. The lowest BCUT2D eigenvalue weighted by molar-refractivity contribution is -0.384. The maximum Gasteiger partial charge on any atom is 0.282 e. The van der Waals surface area contributed by atoms with Crippen LogP contribution in [-0.2, 0) is 9.59 Å². The molecule has 0 unspecified atom stereocenters. The number of hydrogen-bond acceptors (Lipinski definition) is 5. The molecule has 0 saturated heterocycles. The first-order chi connectivity index (χ1) is 15.7. The van der Waals surface area contributed by atoms with Gasteiger partial charge in [0, 0.05) is 23.9 Å². The minimum absolute atomic E-state index is 0.0854. The smallest absolute Gasteiger partial charge is 0.282 e. The average molecular weight is 449 g/mol. The van der Waals surface area contributed by atoms with Crippen molar-refractivity contribution in [1.82, 2.24) is 0 Å². The van der Waals surface area contributed by atoms with E-state index < -0.39 is 34.1 Å². The zero-order valence-electron chi connectivity index (χ0n) is 17.6. The highest BCUT2D eigenvalue weighted by Crippen LogP contribution is 2.35. The maximum atomic E-state index is 14.5. The molecule has 33 heavy (non-hydrogen) atoms. The number of nitrogens with one attached hydrogen (secondary N) is 1. The van der Waals surface area contributed by atoms with Crippen LogP contribution in [0.1, 0.15) is 16.7 Å². The molecule has 0 aromatic heterocycles. The third-order valence-electron chi connectivity index (χ3n) is 5.09. The van der Waals surface area contributed by atoms with Gasteiger partial charge in [0.1, 0.15) is 17.3 Å². The summed E-state index contributed by atoms with van der Waals surface area (Å²) in [6.07, 6.45) is 0. The second-order valence-electron chi connectivity index (χ2n) is 7.60. The molecule has 0 atom stereocenters. The van der Waals surface area contributed by atoms with Gasteiger partial charge < -0.3 is 5.32 Å². The zero-order valence-corrected chi connectivity index (χ0v) is 17.6. The monoisotopic (exact) mass is 449 g/mol. The Morgan fingerprint density at radius 2 is 1.52 bits per heavy atom. The van der Waals surface area contributed by atoms with E-state index in [9.17, 15) is 28.5 Å². The van der Waals surface area contributed by atoms with Crippen molar-refractivity contribution in [2.24, 2.45) is 0 Å². The SMILES string of the molecule is Cc1cc(C)cc(NC2=C(c3ccc([N+](=O)[O-])cc3)C(=O)N(c3ccc(F)cc3F)C2=O)c1. The molecule has 4 rings (SSSR count). The van der Waals surface area contributed by atoms with E-state index in [0.717, 1.165) is 23.3 Å². The van der Waals surface area contributed by atoms with Crippen molar-refractivity contribution in [1.29, 1.82) is 0 Å². The number of carbonyl (C=O) groups is 2. The van der Waals surface area contributed by atoms with Crippen LogP contribution in [0.15, 0.2) is 66.4 Å². The number of nitro groups is 1. The Bertz CT molecular complexity index is 1330. The number of non-ortho nitro benzene ring substituents is 1. The summed E-state index contributed by atoms with van der Waals surface area (Å²) in [7, 11) is 0. The Balaban J connectivity index is 1.85. The number of benzene rings is 3. The molecule has 3 aromatic rings. The van der Waals surface area contributed by atoms with Gasteiger partial charge in [-0.25, -0.2) is 13.7 Å². The molecule has 7 nitrogen and oxygen atoms in total. The van der Waals surface area contributed by atoms with Crippen LogP contribution in [0.3, 0.4) is 0 Å². The number of carbonyl (C=O) groups excluding carboxylic acids is 2. The summed E-state index contributed by atoms with van der Waals surface area (Å²) in [5.74, 6) is -3.61. The van der Waals surface area contributed by atoms with Crippen LogP contribution in [0.25, 0.3) is 5.57 Å². The number of aryl methyl sites for hydroxylation is 2. The summed E-state index contributed by atoms with van der Waals surface area (Å²) in [6, 6.07) is 13.1. The summed E-state index contributed by atoms with van der Waals surface area (Å²) in [5.41, 5.74) is 1.78. The fraction of sp³-hybridized carbons (Fsp3) is 0.0833. The molecular formula is C24H17F2N3O4. The second kappa shape index (κ2) is 8.27. The molecule has 2 amide bonds. The van der Waals surface area contributed by atoms with Crippen LogP contribution in [0.2, 0.25) is 0 Å². The predicted octanol–water partition coefficient (Wildman–Crippen LogP) is 4.89. The van der Waals surface area contributed by atoms with Gasteiger partial charge in [-0.05, 0) is 66.9 Å². The number of halogens is 2. The van der Waals surface area contributed by atoms with E-state index in [1.165, 1.54) is 24.3 Å². The normalized spacial score (nSPS) is 13.6. The number of nitrogens with zero attached hydrogens (tertiary/aromatic N) is 2. The minimum atomic E-state index is -1.08. The number of rotatable bonds is 5. The first kappa shape index (κ1) is 21.8. The number of hydrogen-bond donors (Lipinski definition) is 1. The Kier molecular flexibility index (Phi) is 5.47. The molecule has 166 valence electrons. The zero-order chi connectivity index (χ0) is 23.9. The van der Waals surface area contributed by atoms with Gasteiger partial charge in [-0.3, -0.25) is 19.7 Å². The first-order valence-corrected chi connectivity index (χ1v) is 9.84. The predicted molar refractivity (Wildman–Crippen MR) is 118 cm³/mol. The first-order valence-electron chi connectivity index (χ1n) is 9.84. The summed E-state index contributed by atoms with van der Waals surface area (Å²) < 4.78 is 27.9. The average Bonchev–Trinajstić information content (AvgIpc) is 2.97. The van der Waals surface area contributed by atoms with Gasteiger partial charge >= 0.3 is 0 Å². The molecular weight excluding hydrogens is 432 g/mol. The van der Waals surface area contributed by atoms with E-state index in [4.69, 9.17) is 0 Å². The van der Waals surface area contributed by atoms with Gasteiger partial charge in [-0.1, -0.05) is 6.07 Å². The molecule has 1 heterocycles. The number of amides is 2. The lowest BCUT2D eigenvalue weighted by Crippen LogP contribution is -2.33. The summed E-state index contributed by atoms with van der Waals surface area (Å²) in [6.45, 7) is 3.73. The number of imide groups is 1. The minimum Gasteiger partial charge on any atom is -0.350 e. The van der Waals surface area contributed by atoms with E-state index >= 15 is 0 Å². The van der Waals surface area contributed by atoms with Crippen LogP contribution >= 0.6 is 0 Å². The fourth-order valence-corrected chi connectivity index (χ4v) is 3.74. The summed E-state index contributed by atoms with van der Waals surface area (Å²) >= 11 is 0. The lowest BCUT2D eigenvalue weighted by Gasteiger charge is -2.16. The Hall–Kier alpha value is -4.40. The van der Waals surface area contributed by atoms with E-state index in [1.54, 1.807) is 12.1 Å². The summed E-state index contributed by atoms with van der Waals surface area (Å²) in [4.78, 5) is 37.7. The second-order valence-corrected chi connectivity index (χ2v) is 7.60. The third-order valence-corrected chi connectivity index (χ3v) is 5.09. The van der Waals surface area contributed by atoms with Crippen LogP contribution in [0.4, 0.5) is 25.8 Å². The van der Waals surface area contributed by atoms with E-state index in [2.05, 4.69) is 5.32 Å². The Morgan fingerprint density at radius 1 is 0.879 bits per heavy atom. The van der Waals surface area contributed by atoms with Crippen LogP contribution in [0.5, 0.6) is 0 Å². The van der Waals surface area contributed by atoms with E-state index in [1.807, 2.05) is 19.9 Å². The van der Waals surface area contributed by atoms with Crippen LogP contribution in [0, 0.1) is 35.6 Å². The highest BCUT2D eigenvalue weighted by atomic mass is 19.1. The van der Waals surface area contributed by atoms with Crippen molar-refractivity contribution in [2.45, 2.75) is 13.8 Å². The molecule has 1 N–H and O–H groups in total. The quantitative estimate of drug-likeness (QED) is 0.340. The molecule has 0 spiro atoms. The van der Waals surface area contributed by atoms with Crippen LogP contribution < -0.4 is 10.2 Å². The Labute approximate surface area is 187 Å². The van der Waals surface area contributed by atoms with Gasteiger partial charge in [0.25, 0.3) is 17.5 Å². The third kappa shape index (κ3) is 4.08. The van der Waals surface area contributed by atoms with Gasteiger partial charge in [-0.15, -0.1) is 0 Å². The molecule has 1 aliphatic rings. The summed E-state index contributed by atoms with van der Waals surface area (Å²) in [5, 5.41) is 14.0. The van der Waals surface area contributed by atoms with Crippen molar-refractivity contribution in [3.63, 3.8) is 0 Å². The van der Waals surface area contributed by atoms with Crippen molar-refractivity contribution in [3.05, 3.63) is 105 Å². The molecule has 9 heteroatoms. The molecule has 0 fully saturated rings.